The first-order valence-corrected chi connectivity index (χ1v) is 9.11. The van der Waals surface area contributed by atoms with Crippen molar-refractivity contribution < 1.29 is 23.9 Å². The first-order chi connectivity index (χ1) is 13.5. The maximum atomic E-state index is 12.6. The van der Waals surface area contributed by atoms with E-state index in [4.69, 9.17) is 10.5 Å². The van der Waals surface area contributed by atoms with Crippen LogP contribution in [0.1, 0.15) is 15.9 Å². The van der Waals surface area contributed by atoms with Gasteiger partial charge in [-0.25, -0.2) is 0 Å². The summed E-state index contributed by atoms with van der Waals surface area (Å²) in [6, 6.07) is 15.2. The third kappa shape index (κ3) is 4.47. The van der Waals surface area contributed by atoms with Gasteiger partial charge in [0.15, 0.2) is 12.4 Å². The normalized spacial score (nSPS) is 15.1. The molecule has 1 aliphatic heterocycles. The highest BCUT2D eigenvalue weighted by atomic mass is 32.2. The molecule has 2 N–H and O–H groups in total. The van der Waals surface area contributed by atoms with Crippen LogP contribution in [-0.4, -0.2) is 40.9 Å². The molecule has 0 aliphatic carbocycles. The van der Waals surface area contributed by atoms with Crippen molar-refractivity contribution in [1.82, 2.24) is 4.90 Å². The minimum Gasteiger partial charge on any atom is -0.483 e. The second-order valence-electron chi connectivity index (χ2n) is 5.85. The molecular weight excluding hydrogens is 380 g/mol. The van der Waals surface area contributed by atoms with Crippen molar-refractivity contribution in [1.29, 1.82) is 0 Å². The lowest BCUT2D eigenvalue weighted by Crippen LogP contribution is -2.33. The molecule has 0 spiro atoms. The highest BCUT2D eigenvalue weighted by Crippen LogP contribution is 2.34. The molecule has 3 rings (SSSR count). The van der Waals surface area contributed by atoms with Gasteiger partial charge < -0.3 is 10.5 Å². The molecule has 7 nitrogen and oxygen atoms in total. The standard InChI is InChI=1S/C20H16N2O5S/c21-18(24)12-27-16-9-5-4-8-14(16)10-17-19(25)22(20(26)28-17)11-15(23)13-6-2-1-3-7-13/h1-10H,11-12H2,(H2,21,24)/b17-10+. The number of imide groups is 1. The number of nitrogens with two attached hydrogens (primary N) is 1. The summed E-state index contributed by atoms with van der Waals surface area (Å²) >= 11 is 0.746. The van der Waals surface area contributed by atoms with E-state index in [-0.39, 0.29) is 23.8 Å². The van der Waals surface area contributed by atoms with Gasteiger partial charge in [0.05, 0.1) is 11.4 Å². The van der Waals surface area contributed by atoms with Gasteiger partial charge in [0, 0.05) is 11.1 Å². The maximum Gasteiger partial charge on any atom is 0.293 e. The molecule has 0 saturated carbocycles. The van der Waals surface area contributed by atoms with E-state index in [1.165, 1.54) is 6.08 Å². The van der Waals surface area contributed by atoms with Crippen LogP contribution < -0.4 is 10.5 Å². The Morgan fingerprint density at radius 1 is 1.04 bits per heavy atom. The van der Waals surface area contributed by atoms with Gasteiger partial charge in [-0.05, 0) is 23.9 Å². The van der Waals surface area contributed by atoms with Gasteiger partial charge in [-0.3, -0.25) is 24.1 Å². The van der Waals surface area contributed by atoms with Gasteiger partial charge in [-0.2, -0.15) is 0 Å². The number of carbonyl (C=O) groups excluding carboxylic acids is 4. The molecule has 28 heavy (non-hydrogen) atoms. The molecule has 0 atom stereocenters. The first-order valence-electron chi connectivity index (χ1n) is 8.29. The van der Waals surface area contributed by atoms with Crippen LogP contribution in [0.2, 0.25) is 0 Å². The molecule has 0 radical (unpaired) electrons. The summed E-state index contributed by atoms with van der Waals surface area (Å²) in [7, 11) is 0. The number of amides is 3. The van der Waals surface area contributed by atoms with Crippen molar-refractivity contribution in [3.63, 3.8) is 0 Å². The molecule has 1 saturated heterocycles. The van der Waals surface area contributed by atoms with E-state index in [9.17, 15) is 19.2 Å². The molecule has 1 aliphatic rings. The van der Waals surface area contributed by atoms with Crippen LogP contribution in [-0.2, 0) is 9.59 Å². The Labute approximate surface area is 165 Å². The van der Waals surface area contributed by atoms with Gasteiger partial charge in [-0.15, -0.1) is 0 Å². The molecule has 1 fully saturated rings. The Bertz CT molecular complexity index is 972. The number of Topliss-reactive ketones (excluding diaryl/α,β-unsaturated/α-hetero) is 1. The van der Waals surface area contributed by atoms with Gasteiger partial charge >= 0.3 is 0 Å². The number of carbonyl (C=O) groups is 4. The van der Waals surface area contributed by atoms with Crippen LogP contribution in [0.25, 0.3) is 6.08 Å². The molecule has 0 aromatic heterocycles. The fourth-order valence-electron chi connectivity index (χ4n) is 2.52. The Kier molecular flexibility index (Phi) is 5.90. The quantitative estimate of drug-likeness (QED) is 0.569. The maximum absolute atomic E-state index is 12.6. The van der Waals surface area contributed by atoms with E-state index >= 15 is 0 Å². The minimum absolute atomic E-state index is 0.168. The smallest absolute Gasteiger partial charge is 0.293 e. The zero-order valence-corrected chi connectivity index (χ0v) is 15.5. The van der Waals surface area contributed by atoms with Crippen molar-refractivity contribution in [3.8, 4) is 5.75 Å². The van der Waals surface area contributed by atoms with Gasteiger partial charge in [0.25, 0.3) is 17.1 Å². The van der Waals surface area contributed by atoms with Crippen LogP contribution in [0.15, 0.2) is 59.5 Å². The average molecular weight is 396 g/mol. The van der Waals surface area contributed by atoms with Crippen LogP contribution in [0.4, 0.5) is 4.79 Å². The SMILES string of the molecule is NC(=O)COc1ccccc1/C=C1/SC(=O)N(CC(=O)c2ccccc2)C1=O. The highest BCUT2D eigenvalue weighted by Gasteiger charge is 2.36. The third-order valence-electron chi connectivity index (χ3n) is 3.85. The molecule has 1 heterocycles. The second kappa shape index (κ2) is 8.53. The lowest BCUT2D eigenvalue weighted by Gasteiger charge is -2.11. The monoisotopic (exact) mass is 396 g/mol. The van der Waals surface area contributed by atoms with Crippen molar-refractivity contribution in [2.45, 2.75) is 0 Å². The van der Waals surface area contributed by atoms with Crippen molar-refractivity contribution >= 4 is 40.7 Å². The number of ketones is 1. The number of benzene rings is 2. The van der Waals surface area contributed by atoms with Gasteiger partial charge in [0.1, 0.15) is 5.75 Å². The predicted molar refractivity (Wildman–Crippen MR) is 105 cm³/mol. The van der Waals surface area contributed by atoms with E-state index in [1.54, 1.807) is 54.6 Å². The Balaban J connectivity index is 1.78. The average Bonchev–Trinajstić information content (AvgIpc) is 2.95. The second-order valence-corrected chi connectivity index (χ2v) is 6.84. The van der Waals surface area contributed by atoms with Crippen LogP contribution in [0.5, 0.6) is 5.75 Å². The topological polar surface area (TPSA) is 107 Å². The minimum atomic E-state index is -0.630. The van der Waals surface area contributed by atoms with E-state index in [1.807, 2.05) is 0 Å². The Hall–Kier alpha value is -3.39. The number of para-hydroxylation sites is 1. The fraction of sp³-hybridized carbons (Fsp3) is 0.100. The molecule has 3 amide bonds. The molecule has 142 valence electrons. The van der Waals surface area contributed by atoms with Gasteiger partial charge in [-0.1, -0.05) is 48.5 Å². The van der Waals surface area contributed by atoms with Crippen LogP contribution in [0, 0.1) is 0 Å². The number of hydrogen-bond acceptors (Lipinski definition) is 6. The fourth-order valence-corrected chi connectivity index (χ4v) is 3.35. The Morgan fingerprint density at radius 2 is 1.71 bits per heavy atom. The summed E-state index contributed by atoms with van der Waals surface area (Å²) in [4.78, 5) is 49.2. The third-order valence-corrected chi connectivity index (χ3v) is 4.75. The van der Waals surface area contributed by atoms with E-state index in [0.29, 0.717) is 16.9 Å². The van der Waals surface area contributed by atoms with E-state index in [2.05, 4.69) is 0 Å². The van der Waals surface area contributed by atoms with Gasteiger partial charge in [0.2, 0.25) is 0 Å². The zero-order valence-electron chi connectivity index (χ0n) is 14.7. The van der Waals surface area contributed by atoms with E-state index < -0.39 is 17.1 Å². The van der Waals surface area contributed by atoms with Crippen LogP contribution >= 0.6 is 11.8 Å². The van der Waals surface area contributed by atoms with Crippen molar-refractivity contribution in [2.75, 3.05) is 13.2 Å². The summed E-state index contributed by atoms with van der Waals surface area (Å²) in [6.45, 7) is -0.635. The van der Waals surface area contributed by atoms with Crippen molar-refractivity contribution in [3.05, 3.63) is 70.6 Å². The summed E-state index contributed by atoms with van der Waals surface area (Å²) < 4.78 is 5.33. The number of hydrogen-bond donors (Lipinski definition) is 1. The summed E-state index contributed by atoms with van der Waals surface area (Å²) in [5.74, 6) is -1.15. The lowest BCUT2D eigenvalue weighted by molar-refractivity contribution is -0.122. The summed E-state index contributed by atoms with van der Waals surface area (Å²) in [5, 5.41) is -0.518. The number of thioether (sulfide) groups is 1. The van der Waals surface area contributed by atoms with Crippen molar-refractivity contribution in [2.24, 2.45) is 5.73 Å². The number of ether oxygens (including phenoxy) is 1. The molecule has 2 aromatic carbocycles. The lowest BCUT2D eigenvalue weighted by atomic mass is 10.1. The predicted octanol–water partition coefficient (Wildman–Crippen LogP) is 2.47. The number of nitrogens with zero attached hydrogens (tertiary/aromatic N) is 1. The summed E-state index contributed by atoms with van der Waals surface area (Å²) in [5.41, 5.74) is 6.03. The van der Waals surface area contributed by atoms with E-state index in [0.717, 1.165) is 16.7 Å². The summed E-state index contributed by atoms with van der Waals surface area (Å²) in [6.07, 6.45) is 1.49. The molecule has 0 unspecified atom stereocenters. The Morgan fingerprint density at radius 3 is 2.43 bits per heavy atom. The highest BCUT2D eigenvalue weighted by molar-refractivity contribution is 8.18. The first kappa shape index (κ1) is 19.4. The molecule has 8 heteroatoms. The zero-order chi connectivity index (χ0) is 20.1. The molecular formula is C20H16N2O5S. The molecule has 2 aromatic rings. The largest absolute Gasteiger partial charge is 0.483 e. The molecule has 0 bridgehead atoms. The number of primary amides is 1. The van der Waals surface area contributed by atoms with Crippen LogP contribution in [0.3, 0.4) is 0 Å². The number of rotatable bonds is 7.